The molecule has 56 valence electrons. The van der Waals surface area contributed by atoms with Gasteiger partial charge in [0.1, 0.15) is 0 Å². The van der Waals surface area contributed by atoms with Gasteiger partial charge in [-0.2, -0.15) is 0 Å². The highest BCUT2D eigenvalue weighted by atomic mass is 127. The lowest BCUT2D eigenvalue weighted by Gasteiger charge is -1.94. The Bertz CT molecular complexity index is 292. The van der Waals surface area contributed by atoms with Crippen LogP contribution in [0, 0.1) is 3.57 Å². The van der Waals surface area contributed by atoms with E-state index < -0.39 is 0 Å². The molecular weight excluding hydrogens is 253 g/mol. The van der Waals surface area contributed by atoms with E-state index in [2.05, 4.69) is 27.6 Å². The number of hydrogen-bond acceptors (Lipinski definition) is 2. The van der Waals surface area contributed by atoms with Gasteiger partial charge >= 0.3 is 0 Å². The van der Waals surface area contributed by atoms with Crippen molar-refractivity contribution in [3.05, 3.63) is 33.4 Å². The lowest BCUT2D eigenvalue weighted by molar-refractivity contribution is 0.563. The van der Waals surface area contributed by atoms with Crippen LogP contribution in [-0.2, 0) is 11.3 Å². The quantitative estimate of drug-likeness (QED) is 0.454. The Morgan fingerprint density at radius 2 is 2.36 bits per heavy atom. The molecule has 0 atom stereocenters. The highest BCUT2D eigenvalue weighted by molar-refractivity contribution is 14.1. The summed E-state index contributed by atoms with van der Waals surface area (Å²) < 4.78 is 1.15. The van der Waals surface area contributed by atoms with Crippen LogP contribution >= 0.6 is 22.6 Å². The van der Waals surface area contributed by atoms with E-state index in [4.69, 9.17) is 0 Å². The van der Waals surface area contributed by atoms with Crippen LogP contribution in [0.4, 0.5) is 0 Å². The molecule has 1 aromatic rings. The van der Waals surface area contributed by atoms with Crippen LogP contribution in [0.1, 0.15) is 5.56 Å². The number of carbonyl (C=O) groups excluding carboxylic acids is 1. The fraction of sp³-hybridized carbons (Fsp3) is 0.125. The Balaban J connectivity index is 2.79. The van der Waals surface area contributed by atoms with Crippen molar-refractivity contribution in [2.45, 2.75) is 6.54 Å². The minimum absolute atomic E-state index is 0.431. The van der Waals surface area contributed by atoms with Crippen LogP contribution < -0.4 is 0 Å². The lowest BCUT2D eigenvalue weighted by Crippen LogP contribution is -1.80. The summed E-state index contributed by atoms with van der Waals surface area (Å²) in [4.78, 5) is 13.2. The van der Waals surface area contributed by atoms with E-state index in [0.717, 1.165) is 9.13 Å². The van der Waals surface area contributed by atoms with E-state index in [0.29, 0.717) is 6.54 Å². The van der Waals surface area contributed by atoms with Crippen LogP contribution in [0.15, 0.2) is 29.3 Å². The number of rotatable bonds is 2. The molecule has 0 aliphatic carbocycles. The summed E-state index contributed by atoms with van der Waals surface area (Å²) in [6, 6.07) is 7.86. The van der Waals surface area contributed by atoms with Crippen molar-refractivity contribution in [1.82, 2.24) is 0 Å². The van der Waals surface area contributed by atoms with Gasteiger partial charge in [-0.1, -0.05) is 12.1 Å². The Kier molecular flexibility index (Phi) is 3.26. The van der Waals surface area contributed by atoms with Gasteiger partial charge in [-0.3, -0.25) is 0 Å². The average molecular weight is 259 g/mol. The molecule has 0 N–H and O–H groups in total. The normalized spacial score (nSPS) is 8.82. The average Bonchev–Trinajstić information content (AvgIpc) is 2.01. The van der Waals surface area contributed by atoms with Crippen molar-refractivity contribution < 1.29 is 4.79 Å². The molecular formula is C8H6INO. The summed E-state index contributed by atoms with van der Waals surface area (Å²) in [6.45, 7) is 0.431. The second-order valence-electron chi connectivity index (χ2n) is 2.04. The summed E-state index contributed by atoms with van der Waals surface area (Å²) in [5.74, 6) is 0. The standard InChI is InChI=1S/C8H6INO/c9-8-3-1-2-7(4-8)5-10-6-11/h1-4H,5H2. The van der Waals surface area contributed by atoms with Gasteiger partial charge in [0.15, 0.2) is 0 Å². The first kappa shape index (κ1) is 8.43. The van der Waals surface area contributed by atoms with Crippen LogP contribution in [0.2, 0.25) is 0 Å². The molecule has 2 nitrogen and oxygen atoms in total. The molecule has 1 rings (SSSR count). The van der Waals surface area contributed by atoms with Crippen molar-refractivity contribution in [2.75, 3.05) is 0 Å². The van der Waals surface area contributed by atoms with Crippen LogP contribution in [0.3, 0.4) is 0 Å². The van der Waals surface area contributed by atoms with Gasteiger partial charge in [0.25, 0.3) is 0 Å². The largest absolute Gasteiger partial charge is 0.235 e. The second-order valence-corrected chi connectivity index (χ2v) is 3.28. The molecule has 0 aromatic heterocycles. The van der Waals surface area contributed by atoms with Gasteiger partial charge < -0.3 is 0 Å². The highest BCUT2D eigenvalue weighted by Crippen LogP contribution is 2.07. The van der Waals surface area contributed by atoms with E-state index in [-0.39, 0.29) is 0 Å². The molecule has 0 bridgehead atoms. The SMILES string of the molecule is O=C=NCc1cccc(I)c1. The fourth-order valence-electron chi connectivity index (χ4n) is 0.759. The van der Waals surface area contributed by atoms with E-state index in [9.17, 15) is 4.79 Å². The summed E-state index contributed by atoms with van der Waals surface area (Å²) in [5.41, 5.74) is 1.04. The topological polar surface area (TPSA) is 29.4 Å². The van der Waals surface area contributed by atoms with Gasteiger partial charge in [-0.05, 0) is 40.3 Å². The smallest absolute Gasteiger partial charge is 0.211 e. The number of halogens is 1. The van der Waals surface area contributed by atoms with Gasteiger partial charge in [0.05, 0.1) is 6.54 Å². The molecule has 11 heavy (non-hydrogen) atoms. The Morgan fingerprint density at radius 1 is 1.55 bits per heavy atom. The van der Waals surface area contributed by atoms with Gasteiger partial charge in [0, 0.05) is 3.57 Å². The predicted octanol–water partition coefficient (Wildman–Crippen LogP) is 2.13. The van der Waals surface area contributed by atoms with Crippen LogP contribution in [0.25, 0.3) is 0 Å². The predicted molar refractivity (Wildman–Crippen MR) is 51.0 cm³/mol. The molecule has 0 saturated heterocycles. The van der Waals surface area contributed by atoms with Crippen LogP contribution in [0.5, 0.6) is 0 Å². The van der Waals surface area contributed by atoms with Gasteiger partial charge in [0.2, 0.25) is 6.08 Å². The maximum atomic E-state index is 9.77. The van der Waals surface area contributed by atoms with Gasteiger partial charge in [-0.25, -0.2) is 9.79 Å². The molecule has 0 unspecified atom stereocenters. The first-order valence-corrected chi connectivity index (χ1v) is 4.19. The number of nitrogens with zero attached hydrogens (tertiary/aromatic N) is 1. The molecule has 3 heteroatoms. The minimum Gasteiger partial charge on any atom is -0.211 e. The summed E-state index contributed by atoms with van der Waals surface area (Å²) in [5, 5.41) is 0. The van der Waals surface area contributed by atoms with Gasteiger partial charge in [-0.15, -0.1) is 0 Å². The Labute approximate surface area is 78.5 Å². The first-order chi connectivity index (χ1) is 5.33. The maximum absolute atomic E-state index is 9.77. The molecule has 0 aliphatic rings. The third-order valence-electron chi connectivity index (χ3n) is 1.22. The van der Waals surface area contributed by atoms with Crippen molar-refractivity contribution >= 4 is 28.7 Å². The third-order valence-corrected chi connectivity index (χ3v) is 1.89. The molecule has 0 saturated carbocycles. The third kappa shape index (κ3) is 2.82. The number of aliphatic imine (C=N–C) groups is 1. The zero-order valence-corrected chi connectivity index (χ0v) is 7.91. The Morgan fingerprint density at radius 3 is 3.00 bits per heavy atom. The van der Waals surface area contributed by atoms with Crippen molar-refractivity contribution in [1.29, 1.82) is 0 Å². The number of hydrogen-bond donors (Lipinski definition) is 0. The molecule has 0 spiro atoms. The number of benzene rings is 1. The lowest BCUT2D eigenvalue weighted by atomic mass is 10.2. The summed E-state index contributed by atoms with van der Waals surface area (Å²) in [7, 11) is 0. The van der Waals surface area contributed by atoms with E-state index in [1.807, 2.05) is 24.3 Å². The zero-order chi connectivity index (χ0) is 8.10. The summed E-state index contributed by atoms with van der Waals surface area (Å²) in [6.07, 6.45) is 1.51. The monoisotopic (exact) mass is 259 g/mol. The zero-order valence-electron chi connectivity index (χ0n) is 5.75. The summed E-state index contributed by atoms with van der Waals surface area (Å²) >= 11 is 2.22. The molecule has 0 fully saturated rings. The maximum Gasteiger partial charge on any atom is 0.235 e. The molecule has 0 heterocycles. The second kappa shape index (κ2) is 4.26. The van der Waals surface area contributed by atoms with E-state index >= 15 is 0 Å². The Hall–Kier alpha value is -0.670. The molecule has 0 aliphatic heterocycles. The van der Waals surface area contributed by atoms with E-state index in [1.54, 1.807) is 0 Å². The highest BCUT2D eigenvalue weighted by Gasteiger charge is 1.90. The molecule has 0 amide bonds. The fourth-order valence-corrected chi connectivity index (χ4v) is 1.37. The first-order valence-electron chi connectivity index (χ1n) is 3.11. The number of isocyanates is 1. The van der Waals surface area contributed by atoms with Crippen molar-refractivity contribution in [2.24, 2.45) is 4.99 Å². The van der Waals surface area contributed by atoms with E-state index in [1.165, 1.54) is 6.08 Å². The van der Waals surface area contributed by atoms with Crippen molar-refractivity contribution in [3.63, 3.8) is 0 Å². The molecule has 1 aromatic carbocycles. The molecule has 0 radical (unpaired) electrons. The van der Waals surface area contributed by atoms with Crippen molar-refractivity contribution in [3.8, 4) is 0 Å². The van der Waals surface area contributed by atoms with Crippen LogP contribution in [-0.4, -0.2) is 6.08 Å². The minimum atomic E-state index is 0.431.